The number of hydrogen-bond donors (Lipinski definition) is 2. The van der Waals surface area contributed by atoms with Crippen LogP contribution in [0.25, 0.3) is 11.1 Å². The van der Waals surface area contributed by atoms with E-state index in [4.69, 9.17) is 5.11 Å². The van der Waals surface area contributed by atoms with E-state index in [9.17, 15) is 9.50 Å². The van der Waals surface area contributed by atoms with Crippen molar-refractivity contribution >= 4 is 0 Å². The third kappa shape index (κ3) is 3.40. The molecule has 0 aliphatic carbocycles. The van der Waals surface area contributed by atoms with Gasteiger partial charge < -0.3 is 10.2 Å². The van der Waals surface area contributed by atoms with Gasteiger partial charge >= 0.3 is 0 Å². The Bertz CT molecular complexity index is 523. The van der Waals surface area contributed by atoms with Crippen molar-refractivity contribution in [3.05, 3.63) is 59.9 Å². The van der Waals surface area contributed by atoms with Crippen LogP contribution in [0.5, 0.6) is 0 Å². The maximum Gasteiger partial charge on any atom is 0.131 e. The molecule has 2 aromatic carbocycles. The summed E-state index contributed by atoms with van der Waals surface area (Å²) in [4.78, 5) is 0. The number of rotatable bonds is 5. The molecule has 0 aromatic heterocycles. The fraction of sp³-hybridized carbons (Fsp3) is 0.250. The highest BCUT2D eigenvalue weighted by atomic mass is 19.1. The van der Waals surface area contributed by atoms with E-state index in [1.807, 2.05) is 0 Å². The average molecular weight is 260 g/mol. The van der Waals surface area contributed by atoms with E-state index in [2.05, 4.69) is 0 Å². The van der Waals surface area contributed by atoms with Crippen molar-refractivity contribution in [2.45, 2.75) is 18.9 Å². The molecule has 19 heavy (non-hydrogen) atoms. The van der Waals surface area contributed by atoms with Crippen LogP contribution in [0.4, 0.5) is 4.39 Å². The molecule has 0 heterocycles. The van der Waals surface area contributed by atoms with Crippen LogP contribution >= 0.6 is 0 Å². The van der Waals surface area contributed by atoms with Gasteiger partial charge in [-0.15, -0.1) is 0 Å². The van der Waals surface area contributed by atoms with Gasteiger partial charge in [-0.1, -0.05) is 42.5 Å². The van der Waals surface area contributed by atoms with Gasteiger partial charge in [0.15, 0.2) is 0 Å². The maximum absolute atomic E-state index is 13.6. The summed E-state index contributed by atoms with van der Waals surface area (Å²) in [5.74, 6) is -0.254. The Morgan fingerprint density at radius 1 is 1.00 bits per heavy atom. The summed E-state index contributed by atoms with van der Waals surface area (Å²) in [6.07, 6.45) is 0.507. The molecule has 0 saturated carbocycles. The highest BCUT2D eigenvalue weighted by Gasteiger charge is 2.08. The molecule has 0 bridgehead atoms. The zero-order valence-corrected chi connectivity index (χ0v) is 10.6. The molecule has 2 N–H and O–H groups in total. The van der Waals surface area contributed by atoms with Gasteiger partial charge in [-0.25, -0.2) is 4.39 Å². The Morgan fingerprint density at radius 3 is 2.32 bits per heavy atom. The SMILES string of the molecule is OCCCC(O)c1ccc(-c2ccccc2F)cc1. The van der Waals surface area contributed by atoms with Crippen molar-refractivity contribution in [3.63, 3.8) is 0 Å². The lowest BCUT2D eigenvalue weighted by Crippen LogP contribution is -1.98. The average Bonchev–Trinajstić information content (AvgIpc) is 2.45. The summed E-state index contributed by atoms with van der Waals surface area (Å²) in [6, 6.07) is 13.8. The first kappa shape index (κ1) is 13.7. The molecule has 2 nitrogen and oxygen atoms in total. The van der Waals surface area contributed by atoms with E-state index < -0.39 is 6.10 Å². The molecule has 0 aliphatic heterocycles. The zero-order valence-electron chi connectivity index (χ0n) is 10.6. The smallest absolute Gasteiger partial charge is 0.131 e. The summed E-state index contributed by atoms with van der Waals surface area (Å²) < 4.78 is 13.6. The van der Waals surface area contributed by atoms with Gasteiger partial charge in [-0.3, -0.25) is 0 Å². The van der Waals surface area contributed by atoms with Gasteiger partial charge in [0.05, 0.1) is 6.10 Å². The fourth-order valence-corrected chi connectivity index (χ4v) is 2.03. The lowest BCUT2D eigenvalue weighted by molar-refractivity contribution is 0.152. The second kappa shape index (κ2) is 6.45. The van der Waals surface area contributed by atoms with E-state index >= 15 is 0 Å². The Balaban J connectivity index is 2.17. The van der Waals surface area contributed by atoms with Crippen molar-refractivity contribution < 1.29 is 14.6 Å². The lowest BCUT2D eigenvalue weighted by Gasteiger charge is -2.11. The monoisotopic (exact) mass is 260 g/mol. The molecule has 100 valence electrons. The highest BCUT2D eigenvalue weighted by Crippen LogP contribution is 2.25. The van der Waals surface area contributed by atoms with E-state index in [-0.39, 0.29) is 12.4 Å². The zero-order chi connectivity index (χ0) is 13.7. The molecule has 0 radical (unpaired) electrons. The largest absolute Gasteiger partial charge is 0.396 e. The number of halogens is 1. The molecule has 0 spiro atoms. The minimum absolute atomic E-state index is 0.0738. The van der Waals surface area contributed by atoms with Crippen LogP contribution in [0.2, 0.25) is 0 Å². The standard InChI is InChI=1S/C16H17FO2/c17-15-5-2-1-4-14(15)12-7-9-13(10-8-12)16(19)6-3-11-18/h1-2,4-5,7-10,16,18-19H,3,6,11H2. The summed E-state index contributed by atoms with van der Waals surface area (Å²) in [7, 11) is 0. The molecule has 0 fully saturated rings. The molecule has 2 rings (SSSR count). The molecule has 1 atom stereocenters. The quantitative estimate of drug-likeness (QED) is 0.866. The first-order valence-electron chi connectivity index (χ1n) is 6.36. The van der Waals surface area contributed by atoms with Crippen molar-refractivity contribution in [1.29, 1.82) is 0 Å². The molecule has 0 amide bonds. The predicted molar refractivity (Wildman–Crippen MR) is 73.1 cm³/mol. The summed E-state index contributed by atoms with van der Waals surface area (Å²) in [6.45, 7) is 0.0738. The van der Waals surface area contributed by atoms with Crippen LogP contribution < -0.4 is 0 Å². The Kier molecular flexibility index (Phi) is 4.66. The number of aliphatic hydroxyl groups excluding tert-OH is 2. The van der Waals surface area contributed by atoms with Gasteiger partial charge in [0, 0.05) is 12.2 Å². The molecular weight excluding hydrogens is 243 g/mol. The predicted octanol–water partition coefficient (Wildman–Crippen LogP) is 3.30. The van der Waals surface area contributed by atoms with Crippen LogP contribution in [-0.2, 0) is 0 Å². The first-order valence-corrected chi connectivity index (χ1v) is 6.36. The van der Waals surface area contributed by atoms with Crippen LogP contribution in [0, 0.1) is 5.82 Å². The Labute approximate surface area is 112 Å². The summed E-state index contributed by atoms with van der Waals surface area (Å²) in [5.41, 5.74) is 2.13. The summed E-state index contributed by atoms with van der Waals surface area (Å²) >= 11 is 0. The molecular formula is C16H17FO2. The Morgan fingerprint density at radius 2 is 1.68 bits per heavy atom. The normalized spacial score (nSPS) is 12.4. The van der Waals surface area contributed by atoms with Crippen molar-refractivity contribution in [1.82, 2.24) is 0 Å². The topological polar surface area (TPSA) is 40.5 Å². The van der Waals surface area contributed by atoms with E-state index in [0.29, 0.717) is 18.4 Å². The fourth-order valence-electron chi connectivity index (χ4n) is 2.03. The van der Waals surface area contributed by atoms with Crippen LogP contribution in [0.1, 0.15) is 24.5 Å². The molecule has 0 saturated heterocycles. The second-order valence-corrected chi connectivity index (χ2v) is 4.48. The maximum atomic E-state index is 13.6. The number of aliphatic hydroxyl groups is 2. The van der Waals surface area contributed by atoms with Crippen molar-refractivity contribution in [2.24, 2.45) is 0 Å². The molecule has 1 unspecified atom stereocenters. The first-order chi connectivity index (χ1) is 9.22. The van der Waals surface area contributed by atoms with Crippen LogP contribution in [-0.4, -0.2) is 16.8 Å². The third-order valence-corrected chi connectivity index (χ3v) is 3.12. The molecule has 0 aliphatic rings. The van der Waals surface area contributed by atoms with E-state index in [1.165, 1.54) is 6.07 Å². The Hall–Kier alpha value is -1.71. The van der Waals surface area contributed by atoms with Gasteiger partial charge in [0.1, 0.15) is 5.82 Å². The summed E-state index contributed by atoms with van der Waals surface area (Å²) in [5, 5.41) is 18.6. The second-order valence-electron chi connectivity index (χ2n) is 4.48. The van der Waals surface area contributed by atoms with Gasteiger partial charge in [0.2, 0.25) is 0 Å². The van der Waals surface area contributed by atoms with Gasteiger partial charge in [0.25, 0.3) is 0 Å². The van der Waals surface area contributed by atoms with Gasteiger partial charge in [-0.05, 0) is 30.0 Å². The van der Waals surface area contributed by atoms with Crippen LogP contribution in [0.15, 0.2) is 48.5 Å². The van der Waals surface area contributed by atoms with Crippen molar-refractivity contribution in [3.8, 4) is 11.1 Å². The highest BCUT2D eigenvalue weighted by molar-refractivity contribution is 5.64. The van der Waals surface area contributed by atoms with Crippen molar-refractivity contribution in [2.75, 3.05) is 6.61 Å². The lowest BCUT2D eigenvalue weighted by atomic mass is 10.00. The molecule has 2 aromatic rings. The number of benzene rings is 2. The number of hydrogen-bond acceptors (Lipinski definition) is 2. The van der Waals surface area contributed by atoms with E-state index in [1.54, 1.807) is 42.5 Å². The van der Waals surface area contributed by atoms with Gasteiger partial charge in [-0.2, -0.15) is 0 Å². The minimum atomic E-state index is -0.582. The van der Waals surface area contributed by atoms with E-state index in [0.717, 1.165) is 11.1 Å². The minimum Gasteiger partial charge on any atom is -0.396 e. The third-order valence-electron chi connectivity index (χ3n) is 3.12. The molecule has 3 heteroatoms. The van der Waals surface area contributed by atoms with Crippen LogP contribution in [0.3, 0.4) is 0 Å².